The topological polar surface area (TPSA) is 65.0 Å². The van der Waals surface area contributed by atoms with Gasteiger partial charge in [0.1, 0.15) is 22.3 Å². The predicted octanol–water partition coefficient (Wildman–Crippen LogP) is 13.2. The van der Waals surface area contributed by atoms with Gasteiger partial charge < -0.3 is 8.83 Å². The first-order chi connectivity index (χ1) is 26.7. The van der Waals surface area contributed by atoms with E-state index in [1.54, 1.807) is 0 Å². The van der Waals surface area contributed by atoms with Crippen LogP contribution in [0.2, 0.25) is 0 Å². The van der Waals surface area contributed by atoms with Crippen molar-refractivity contribution in [2.45, 2.75) is 0 Å². The highest BCUT2D eigenvalue weighted by Crippen LogP contribution is 2.42. The fourth-order valence-electron chi connectivity index (χ4n) is 7.78. The van der Waals surface area contributed by atoms with Gasteiger partial charge in [-0.15, -0.1) is 0 Å². The summed E-state index contributed by atoms with van der Waals surface area (Å²) in [5.41, 5.74) is 10.3. The molecule has 0 bridgehead atoms. The summed E-state index contributed by atoms with van der Waals surface area (Å²) in [6.07, 6.45) is 0. The van der Waals surface area contributed by atoms with E-state index in [1.165, 1.54) is 0 Å². The Bertz CT molecular complexity index is 3210. The Morgan fingerprint density at radius 3 is 1.72 bits per heavy atom. The van der Waals surface area contributed by atoms with E-state index in [1.807, 2.05) is 54.6 Å². The van der Waals surface area contributed by atoms with Crippen LogP contribution in [0.15, 0.2) is 185 Å². The van der Waals surface area contributed by atoms with Crippen LogP contribution in [0.5, 0.6) is 0 Å². The molecule has 5 heteroatoms. The lowest BCUT2D eigenvalue weighted by Crippen LogP contribution is -2.01. The molecule has 0 radical (unpaired) electrons. The third kappa shape index (κ3) is 4.90. The maximum atomic E-state index is 6.49. The predicted molar refractivity (Wildman–Crippen MR) is 219 cm³/mol. The molecule has 0 spiro atoms. The molecule has 252 valence electrons. The van der Waals surface area contributed by atoms with Crippen LogP contribution in [-0.4, -0.2) is 15.0 Å². The average Bonchev–Trinajstić information content (AvgIpc) is 3.82. The quantitative estimate of drug-likeness (QED) is 0.180. The van der Waals surface area contributed by atoms with Gasteiger partial charge in [0.05, 0.1) is 5.56 Å². The number of furan rings is 2. The van der Waals surface area contributed by atoms with Gasteiger partial charge in [0, 0.05) is 32.7 Å². The molecule has 0 aliphatic carbocycles. The Balaban J connectivity index is 1.15. The highest BCUT2D eigenvalue weighted by Gasteiger charge is 2.20. The van der Waals surface area contributed by atoms with Crippen LogP contribution < -0.4 is 0 Å². The van der Waals surface area contributed by atoms with Crippen molar-refractivity contribution in [2.24, 2.45) is 0 Å². The lowest BCUT2D eigenvalue weighted by atomic mass is 9.92. The van der Waals surface area contributed by atoms with E-state index < -0.39 is 0 Å². The van der Waals surface area contributed by atoms with Crippen molar-refractivity contribution in [3.63, 3.8) is 0 Å². The summed E-state index contributed by atoms with van der Waals surface area (Å²) < 4.78 is 12.8. The Morgan fingerprint density at radius 2 is 0.889 bits per heavy atom. The van der Waals surface area contributed by atoms with Gasteiger partial charge in [0.25, 0.3) is 0 Å². The van der Waals surface area contributed by atoms with Crippen molar-refractivity contribution in [2.75, 3.05) is 0 Å². The number of aromatic nitrogens is 3. The maximum absolute atomic E-state index is 6.49. The molecule has 0 N–H and O–H groups in total. The minimum absolute atomic E-state index is 0.546. The van der Waals surface area contributed by atoms with Gasteiger partial charge in [0.2, 0.25) is 0 Å². The van der Waals surface area contributed by atoms with Crippen LogP contribution in [0.1, 0.15) is 0 Å². The van der Waals surface area contributed by atoms with Gasteiger partial charge in [-0.05, 0) is 69.4 Å². The molecular weight excluding hydrogens is 663 g/mol. The third-order valence-corrected chi connectivity index (χ3v) is 10.3. The van der Waals surface area contributed by atoms with E-state index in [0.29, 0.717) is 17.5 Å². The maximum Gasteiger partial charge on any atom is 0.167 e. The average molecular weight is 692 g/mol. The van der Waals surface area contributed by atoms with Crippen LogP contribution >= 0.6 is 0 Å². The van der Waals surface area contributed by atoms with Gasteiger partial charge in [-0.2, -0.15) is 0 Å². The standard InChI is InChI=1S/C49H29N3O2/c1-2-12-30(13-3-1)31-24-26-32(27-25-31)47-50-48(52-49(51-47)40-20-10-19-38-36-16-6-8-21-42(36)54-46(38)40)34-28-33-14-4-5-15-35(33)41(29-34)37-18-11-23-44-45(37)39-17-7-9-22-43(39)53-44/h1-29H. The summed E-state index contributed by atoms with van der Waals surface area (Å²) in [6.45, 7) is 0. The van der Waals surface area contributed by atoms with Crippen LogP contribution in [0.25, 0.3) is 111 Å². The molecule has 0 unspecified atom stereocenters. The molecule has 0 saturated heterocycles. The van der Waals surface area contributed by atoms with E-state index in [9.17, 15) is 0 Å². The number of fused-ring (bicyclic) bond motifs is 7. The highest BCUT2D eigenvalue weighted by molar-refractivity contribution is 6.16. The normalized spacial score (nSPS) is 11.7. The molecule has 11 aromatic rings. The van der Waals surface area contributed by atoms with E-state index >= 15 is 0 Å². The minimum atomic E-state index is 0.546. The summed E-state index contributed by atoms with van der Waals surface area (Å²) in [4.78, 5) is 15.6. The lowest BCUT2D eigenvalue weighted by Gasteiger charge is -2.13. The van der Waals surface area contributed by atoms with Crippen molar-refractivity contribution in [3.05, 3.63) is 176 Å². The molecule has 3 heterocycles. The molecule has 11 rings (SSSR count). The summed E-state index contributed by atoms with van der Waals surface area (Å²) >= 11 is 0. The van der Waals surface area contributed by atoms with Gasteiger partial charge in [0.15, 0.2) is 17.5 Å². The molecule has 54 heavy (non-hydrogen) atoms. The zero-order valence-corrected chi connectivity index (χ0v) is 28.9. The molecule has 3 aromatic heterocycles. The summed E-state index contributed by atoms with van der Waals surface area (Å²) in [5.74, 6) is 1.70. The number of hydrogen-bond acceptors (Lipinski definition) is 5. The van der Waals surface area contributed by atoms with Crippen LogP contribution in [0.4, 0.5) is 0 Å². The van der Waals surface area contributed by atoms with Gasteiger partial charge in [-0.1, -0.05) is 140 Å². The fraction of sp³-hybridized carbons (Fsp3) is 0. The van der Waals surface area contributed by atoms with Gasteiger partial charge in [-0.25, -0.2) is 15.0 Å². The first kappa shape index (κ1) is 30.3. The number of hydrogen-bond donors (Lipinski definition) is 0. The lowest BCUT2D eigenvalue weighted by molar-refractivity contribution is 0.669. The van der Waals surface area contributed by atoms with Gasteiger partial charge >= 0.3 is 0 Å². The molecule has 5 nitrogen and oxygen atoms in total. The first-order valence-corrected chi connectivity index (χ1v) is 18.0. The van der Waals surface area contributed by atoms with Crippen molar-refractivity contribution < 1.29 is 8.83 Å². The molecule has 0 fully saturated rings. The zero-order chi connectivity index (χ0) is 35.6. The Morgan fingerprint density at radius 1 is 0.315 bits per heavy atom. The fourth-order valence-corrected chi connectivity index (χ4v) is 7.78. The third-order valence-electron chi connectivity index (χ3n) is 10.3. The molecule has 0 aliphatic rings. The Kier molecular flexibility index (Phi) is 6.79. The second kappa shape index (κ2) is 12.1. The number of nitrogens with zero attached hydrogens (tertiary/aromatic N) is 3. The van der Waals surface area contributed by atoms with Gasteiger partial charge in [-0.3, -0.25) is 0 Å². The second-order valence-electron chi connectivity index (χ2n) is 13.6. The van der Waals surface area contributed by atoms with E-state index in [0.717, 1.165) is 93.6 Å². The number of para-hydroxylation sites is 3. The Hall–Kier alpha value is -7.37. The monoisotopic (exact) mass is 691 g/mol. The van der Waals surface area contributed by atoms with Crippen LogP contribution in [0.3, 0.4) is 0 Å². The molecule has 8 aromatic carbocycles. The largest absolute Gasteiger partial charge is 0.456 e. The molecule has 0 aliphatic heterocycles. The zero-order valence-electron chi connectivity index (χ0n) is 28.9. The van der Waals surface area contributed by atoms with E-state index in [4.69, 9.17) is 23.8 Å². The molecule has 0 saturated carbocycles. The summed E-state index contributed by atoms with van der Waals surface area (Å²) in [6, 6.07) is 60.5. The molecular formula is C49H29N3O2. The highest BCUT2D eigenvalue weighted by atomic mass is 16.3. The van der Waals surface area contributed by atoms with Crippen molar-refractivity contribution >= 4 is 54.6 Å². The van der Waals surface area contributed by atoms with E-state index in [2.05, 4.69) is 121 Å². The van der Waals surface area contributed by atoms with Crippen molar-refractivity contribution in [3.8, 4) is 56.4 Å². The second-order valence-corrected chi connectivity index (χ2v) is 13.6. The molecule has 0 amide bonds. The summed E-state index contributed by atoms with van der Waals surface area (Å²) in [7, 11) is 0. The SMILES string of the molecule is c1ccc(-c2ccc(-c3nc(-c4cc(-c5cccc6oc7ccccc7c56)c5ccccc5c4)nc(-c4cccc5c4oc4ccccc45)n3)cc2)cc1. The molecule has 0 atom stereocenters. The minimum Gasteiger partial charge on any atom is -0.456 e. The number of rotatable bonds is 5. The Labute approximate surface area is 309 Å². The van der Waals surface area contributed by atoms with E-state index in [-0.39, 0.29) is 0 Å². The number of benzene rings is 8. The summed E-state index contributed by atoms with van der Waals surface area (Å²) in [5, 5.41) is 6.47. The van der Waals surface area contributed by atoms with Crippen molar-refractivity contribution in [1.29, 1.82) is 0 Å². The van der Waals surface area contributed by atoms with Crippen LogP contribution in [-0.2, 0) is 0 Å². The van der Waals surface area contributed by atoms with Crippen LogP contribution in [0, 0.1) is 0 Å². The first-order valence-electron chi connectivity index (χ1n) is 18.0. The smallest absolute Gasteiger partial charge is 0.167 e. The van der Waals surface area contributed by atoms with Crippen molar-refractivity contribution in [1.82, 2.24) is 15.0 Å².